The van der Waals surface area contributed by atoms with Gasteiger partial charge in [-0.2, -0.15) is 13.2 Å². The summed E-state index contributed by atoms with van der Waals surface area (Å²) in [6, 6.07) is 9.13. The number of hydrogen-bond donors (Lipinski definition) is 2. The molecular weight excluding hydrogens is 573 g/mol. The number of hydrogen-bond acceptors (Lipinski definition) is 10. The Morgan fingerprint density at radius 2 is 1.78 bits per heavy atom. The summed E-state index contributed by atoms with van der Waals surface area (Å²) < 4.78 is 37.4. The molecule has 4 heterocycles. The van der Waals surface area contributed by atoms with E-state index in [1.54, 1.807) is 35.6 Å². The molecule has 0 bridgehead atoms. The van der Waals surface area contributed by atoms with E-state index in [2.05, 4.69) is 37.4 Å². The van der Waals surface area contributed by atoms with Crippen molar-refractivity contribution in [2.24, 2.45) is 0 Å². The first-order chi connectivity index (χ1) is 19.6. The van der Waals surface area contributed by atoms with Crippen LogP contribution in [-0.2, 0) is 4.79 Å². The number of alkyl halides is 3. The lowest BCUT2D eigenvalue weighted by Crippen LogP contribution is -2.52. The summed E-state index contributed by atoms with van der Waals surface area (Å²) >= 11 is 2.89. The molecule has 220 valence electrons. The fourth-order valence-electron chi connectivity index (χ4n) is 4.95. The van der Waals surface area contributed by atoms with Gasteiger partial charge in [-0.05, 0) is 62.8 Å². The second-order valence-electron chi connectivity index (χ2n) is 10.3. The SMILES string of the molecule is Cc1cnc(Nc2cc(N3CCC(N4CCN(C)CC4)CC3)nc(Sc3ccc(NC(=O)CC(F)(F)F)cc3)n2)s1. The Bertz CT molecular complexity index is 1320. The first-order valence-electron chi connectivity index (χ1n) is 13.5. The number of halogens is 3. The lowest BCUT2D eigenvalue weighted by atomic mass is 10.0. The van der Waals surface area contributed by atoms with Crippen molar-refractivity contribution in [2.75, 3.05) is 61.8 Å². The van der Waals surface area contributed by atoms with Gasteiger partial charge in [0.25, 0.3) is 0 Å². The van der Waals surface area contributed by atoms with Gasteiger partial charge in [0.2, 0.25) is 5.91 Å². The van der Waals surface area contributed by atoms with Crippen molar-refractivity contribution < 1.29 is 18.0 Å². The highest BCUT2D eigenvalue weighted by Crippen LogP contribution is 2.32. The fourth-order valence-corrected chi connectivity index (χ4v) is 6.39. The summed E-state index contributed by atoms with van der Waals surface area (Å²) in [6.07, 6.45) is -2.11. The highest BCUT2D eigenvalue weighted by Gasteiger charge is 2.31. The number of likely N-dealkylation sites (N-methyl/N-ethyl adjacent to an activating group) is 1. The number of nitrogens with zero attached hydrogens (tertiary/aromatic N) is 6. The molecule has 9 nitrogen and oxygen atoms in total. The second kappa shape index (κ2) is 12.9. The Kier molecular flexibility index (Phi) is 9.32. The smallest absolute Gasteiger partial charge is 0.356 e. The van der Waals surface area contributed by atoms with Gasteiger partial charge in [-0.15, -0.1) is 11.3 Å². The summed E-state index contributed by atoms with van der Waals surface area (Å²) in [4.78, 5) is 34.8. The number of rotatable bonds is 8. The molecule has 2 aromatic heterocycles. The van der Waals surface area contributed by atoms with E-state index in [-0.39, 0.29) is 0 Å². The van der Waals surface area contributed by atoms with E-state index in [4.69, 9.17) is 9.97 Å². The van der Waals surface area contributed by atoms with Crippen molar-refractivity contribution in [1.82, 2.24) is 24.8 Å². The maximum absolute atomic E-state index is 12.5. The molecule has 1 amide bonds. The van der Waals surface area contributed by atoms with Crippen LogP contribution in [0.4, 0.5) is 35.6 Å². The van der Waals surface area contributed by atoms with Crippen molar-refractivity contribution >= 4 is 51.5 Å². The molecule has 3 aromatic rings. The molecular formula is C27H33F3N8OS2. The van der Waals surface area contributed by atoms with Gasteiger partial charge < -0.3 is 20.4 Å². The summed E-state index contributed by atoms with van der Waals surface area (Å²) in [5.74, 6) is 0.383. The van der Waals surface area contributed by atoms with Crippen molar-refractivity contribution in [2.45, 2.75) is 48.5 Å². The lowest BCUT2D eigenvalue weighted by molar-refractivity contribution is -0.150. The molecule has 0 atom stereocenters. The summed E-state index contributed by atoms with van der Waals surface area (Å²) in [6.45, 7) is 8.25. The molecule has 2 N–H and O–H groups in total. The van der Waals surface area contributed by atoms with Gasteiger partial charge in [-0.3, -0.25) is 9.69 Å². The Balaban J connectivity index is 1.28. The van der Waals surface area contributed by atoms with Gasteiger partial charge in [0, 0.05) is 73.0 Å². The zero-order valence-corrected chi connectivity index (χ0v) is 24.6. The van der Waals surface area contributed by atoms with Crippen LogP contribution < -0.4 is 15.5 Å². The lowest BCUT2D eigenvalue weighted by Gasteiger charge is -2.42. The average Bonchev–Trinajstić information content (AvgIpc) is 3.33. The van der Waals surface area contributed by atoms with Crippen molar-refractivity contribution in [1.29, 1.82) is 0 Å². The summed E-state index contributed by atoms with van der Waals surface area (Å²) in [7, 11) is 2.17. The Morgan fingerprint density at radius 1 is 1.07 bits per heavy atom. The number of thiazole rings is 1. The van der Waals surface area contributed by atoms with E-state index in [0.717, 1.165) is 72.8 Å². The standard InChI is InChI=1S/C27H33F3N8OS2/c1-18-17-31-25(40-18)33-22-15-23(38-9-7-20(8-10-38)37-13-11-36(2)12-14-37)35-26(34-22)41-21-5-3-19(4-6-21)32-24(39)16-27(28,29)30/h3-6,15,17,20H,7-14,16H2,1-2H3,(H,32,39)(H,31,33,34,35). The molecule has 1 aromatic carbocycles. The van der Waals surface area contributed by atoms with Gasteiger partial charge in [0.1, 0.15) is 18.1 Å². The molecule has 0 spiro atoms. The molecule has 0 radical (unpaired) electrons. The number of carbonyl (C=O) groups excluding carboxylic acids is 1. The maximum atomic E-state index is 12.5. The van der Waals surface area contributed by atoms with Crippen LogP contribution in [0, 0.1) is 6.92 Å². The van der Waals surface area contributed by atoms with E-state index < -0.39 is 18.5 Å². The van der Waals surface area contributed by atoms with E-state index in [1.807, 2.05) is 19.2 Å². The van der Waals surface area contributed by atoms with Crippen molar-refractivity contribution in [3.8, 4) is 0 Å². The number of carbonyl (C=O) groups is 1. The third-order valence-corrected chi connectivity index (χ3v) is 8.80. The molecule has 0 unspecified atom stereocenters. The molecule has 14 heteroatoms. The van der Waals surface area contributed by atoms with Gasteiger partial charge in [-0.1, -0.05) is 0 Å². The maximum Gasteiger partial charge on any atom is 0.397 e. The van der Waals surface area contributed by atoms with E-state index in [0.29, 0.717) is 22.7 Å². The number of benzene rings is 1. The van der Waals surface area contributed by atoms with Crippen LogP contribution in [0.25, 0.3) is 0 Å². The summed E-state index contributed by atoms with van der Waals surface area (Å²) in [5, 5.41) is 6.87. The number of piperidine rings is 1. The highest BCUT2D eigenvalue weighted by atomic mass is 32.2. The van der Waals surface area contributed by atoms with E-state index in [1.165, 1.54) is 11.8 Å². The Morgan fingerprint density at radius 3 is 2.41 bits per heavy atom. The zero-order valence-electron chi connectivity index (χ0n) is 22.9. The van der Waals surface area contributed by atoms with Crippen LogP contribution in [0.15, 0.2) is 46.6 Å². The van der Waals surface area contributed by atoms with Crippen LogP contribution in [-0.4, -0.2) is 89.2 Å². The van der Waals surface area contributed by atoms with E-state index >= 15 is 0 Å². The monoisotopic (exact) mass is 606 g/mol. The van der Waals surface area contributed by atoms with Crippen LogP contribution in [0.1, 0.15) is 24.1 Å². The molecule has 0 saturated carbocycles. The Labute approximate surface area is 245 Å². The van der Waals surface area contributed by atoms with Crippen LogP contribution in [0.2, 0.25) is 0 Å². The highest BCUT2D eigenvalue weighted by molar-refractivity contribution is 7.99. The van der Waals surface area contributed by atoms with Gasteiger partial charge in [0.05, 0.1) is 0 Å². The molecule has 2 aliphatic rings. The van der Waals surface area contributed by atoms with Crippen molar-refractivity contribution in [3.63, 3.8) is 0 Å². The first kappa shape index (κ1) is 29.5. The number of aryl methyl sites for hydroxylation is 1. The van der Waals surface area contributed by atoms with E-state index in [9.17, 15) is 18.0 Å². The number of nitrogens with one attached hydrogen (secondary N) is 2. The number of aromatic nitrogens is 3. The Hall–Kier alpha value is -2.94. The fraction of sp³-hybridized carbons (Fsp3) is 0.481. The predicted octanol–water partition coefficient (Wildman–Crippen LogP) is 5.24. The number of amides is 1. The third kappa shape index (κ3) is 8.53. The topological polar surface area (TPSA) is 89.5 Å². The number of piperazine rings is 1. The minimum atomic E-state index is -4.55. The van der Waals surface area contributed by atoms with Crippen LogP contribution in [0.5, 0.6) is 0 Å². The molecule has 2 saturated heterocycles. The quantitative estimate of drug-likeness (QED) is 0.334. The summed E-state index contributed by atoms with van der Waals surface area (Å²) in [5.41, 5.74) is 0.294. The van der Waals surface area contributed by atoms with Crippen LogP contribution >= 0.6 is 23.1 Å². The second-order valence-corrected chi connectivity index (χ2v) is 12.6. The largest absolute Gasteiger partial charge is 0.397 e. The third-order valence-electron chi connectivity index (χ3n) is 7.10. The first-order valence-corrected chi connectivity index (χ1v) is 15.1. The normalized spacial score (nSPS) is 17.5. The van der Waals surface area contributed by atoms with Gasteiger partial charge in [-0.25, -0.2) is 15.0 Å². The predicted molar refractivity (Wildman–Crippen MR) is 156 cm³/mol. The number of anilines is 4. The van der Waals surface area contributed by atoms with Gasteiger partial charge >= 0.3 is 6.18 Å². The van der Waals surface area contributed by atoms with Gasteiger partial charge in [0.15, 0.2) is 10.3 Å². The van der Waals surface area contributed by atoms with Crippen molar-refractivity contribution in [3.05, 3.63) is 41.4 Å². The average molecular weight is 607 g/mol. The minimum absolute atomic E-state index is 0.294. The molecule has 0 aliphatic carbocycles. The molecule has 5 rings (SSSR count). The molecule has 41 heavy (non-hydrogen) atoms. The van der Waals surface area contributed by atoms with Crippen LogP contribution in [0.3, 0.4) is 0 Å². The zero-order chi connectivity index (χ0) is 29.0. The molecule has 2 aliphatic heterocycles. The molecule has 2 fully saturated rings. The minimum Gasteiger partial charge on any atom is -0.356 e.